The Kier molecular flexibility index (Phi) is 5.85. The number of carbonyl (C=O) groups excluding carboxylic acids is 1. The van der Waals surface area contributed by atoms with Crippen LogP contribution in [0.3, 0.4) is 0 Å². The normalized spacial score (nSPS) is 10.1. The molecule has 0 fully saturated rings. The maximum absolute atomic E-state index is 10.7. The first kappa shape index (κ1) is 13.0. The minimum Gasteiger partial charge on any atom is -0.490 e. The average molecular weight is 245 g/mol. The van der Waals surface area contributed by atoms with Gasteiger partial charge in [0.2, 0.25) is 0 Å². The molecule has 0 aliphatic heterocycles. The second-order valence-corrected chi connectivity index (χ2v) is 3.42. The van der Waals surface area contributed by atoms with Crippen LogP contribution in [0.2, 0.25) is 5.02 Å². The van der Waals surface area contributed by atoms with Crippen molar-refractivity contribution in [2.45, 2.75) is 0 Å². The number of aliphatic hydroxyl groups excluding tert-OH is 1. The van der Waals surface area contributed by atoms with Crippen molar-refractivity contribution in [3.8, 4) is 5.75 Å². The summed E-state index contributed by atoms with van der Waals surface area (Å²) in [5.41, 5.74) is 0.412. The Morgan fingerprint density at radius 1 is 1.31 bits per heavy atom. The number of carbonyl (C=O) groups is 1. The van der Waals surface area contributed by atoms with Crippen molar-refractivity contribution in [2.24, 2.45) is 0 Å². The number of hydrogen-bond donors (Lipinski definition) is 1. The number of halogens is 1. The zero-order chi connectivity index (χ0) is 11.8. The molecule has 5 heteroatoms. The molecular formula is C11H13ClO4. The molecule has 88 valence electrons. The molecule has 16 heavy (non-hydrogen) atoms. The Morgan fingerprint density at radius 2 is 2.12 bits per heavy atom. The van der Waals surface area contributed by atoms with E-state index >= 15 is 0 Å². The predicted octanol–water partition coefficient (Wildman–Crippen LogP) is 1.54. The Morgan fingerprint density at radius 3 is 2.81 bits per heavy atom. The molecule has 1 rings (SSSR count). The second kappa shape index (κ2) is 7.22. The van der Waals surface area contributed by atoms with Gasteiger partial charge in [-0.25, -0.2) is 0 Å². The molecule has 0 heterocycles. The topological polar surface area (TPSA) is 55.8 Å². The molecule has 0 aromatic heterocycles. The molecular weight excluding hydrogens is 232 g/mol. The third kappa shape index (κ3) is 4.18. The maximum Gasteiger partial charge on any atom is 0.153 e. The van der Waals surface area contributed by atoms with Gasteiger partial charge in [-0.3, -0.25) is 4.79 Å². The first-order valence-corrected chi connectivity index (χ1v) is 5.22. The summed E-state index contributed by atoms with van der Waals surface area (Å²) in [5.74, 6) is 0.479. The fourth-order valence-electron chi connectivity index (χ4n) is 1.12. The maximum atomic E-state index is 10.7. The first-order chi connectivity index (χ1) is 7.77. The molecule has 1 N–H and O–H groups in total. The van der Waals surface area contributed by atoms with E-state index in [4.69, 9.17) is 26.2 Å². The summed E-state index contributed by atoms with van der Waals surface area (Å²) in [7, 11) is 0. The van der Waals surface area contributed by atoms with E-state index in [0.29, 0.717) is 35.8 Å². The lowest BCUT2D eigenvalue weighted by Crippen LogP contribution is -2.09. The Bertz CT molecular complexity index is 341. The molecule has 1 aromatic carbocycles. The summed E-state index contributed by atoms with van der Waals surface area (Å²) in [6.07, 6.45) is 0.690. The van der Waals surface area contributed by atoms with Gasteiger partial charge in [0, 0.05) is 5.02 Å². The molecule has 0 atom stereocenters. The highest BCUT2D eigenvalue weighted by molar-refractivity contribution is 6.30. The van der Waals surface area contributed by atoms with E-state index in [-0.39, 0.29) is 13.2 Å². The van der Waals surface area contributed by atoms with Gasteiger partial charge < -0.3 is 14.6 Å². The van der Waals surface area contributed by atoms with E-state index in [1.54, 1.807) is 18.2 Å². The monoisotopic (exact) mass is 244 g/mol. The minimum absolute atomic E-state index is 0.0134. The van der Waals surface area contributed by atoms with Crippen LogP contribution in [0.5, 0.6) is 5.75 Å². The first-order valence-electron chi connectivity index (χ1n) is 4.84. The van der Waals surface area contributed by atoms with E-state index in [1.165, 1.54) is 0 Å². The largest absolute Gasteiger partial charge is 0.490 e. The molecule has 0 saturated carbocycles. The van der Waals surface area contributed by atoms with Crippen LogP contribution in [0, 0.1) is 0 Å². The van der Waals surface area contributed by atoms with E-state index in [1.807, 2.05) is 0 Å². The summed E-state index contributed by atoms with van der Waals surface area (Å²) < 4.78 is 10.3. The van der Waals surface area contributed by atoms with Crippen molar-refractivity contribution < 1.29 is 19.4 Å². The summed E-state index contributed by atoms with van der Waals surface area (Å²) in [4.78, 5) is 10.7. The molecule has 0 aliphatic carbocycles. The van der Waals surface area contributed by atoms with Gasteiger partial charge in [0.1, 0.15) is 12.4 Å². The van der Waals surface area contributed by atoms with E-state index in [2.05, 4.69) is 0 Å². The van der Waals surface area contributed by atoms with Crippen LogP contribution in [-0.2, 0) is 4.74 Å². The van der Waals surface area contributed by atoms with Gasteiger partial charge in [0.15, 0.2) is 6.29 Å². The fourth-order valence-corrected chi connectivity index (χ4v) is 1.30. The van der Waals surface area contributed by atoms with Gasteiger partial charge in [-0.1, -0.05) is 11.6 Å². The van der Waals surface area contributed by atoms with Crippen molar-refractivity contribution in [2.75, 3.05) is 26.4 Å². The molecule has 0 amide bonds. The number of ether oxygens (including phenoxy) is 2. The minimum atomic E-state index is -0.0134. The van der Waals surface area contributed by atoms with E-state index < -0.39 is 0 Å². The van der Waals surface area contributed by atoms with Gasteiger partial charge in [-0.15, -0.1) is 0 Å². The fraction of sp³-hybridized carbons (Fsp3) is 0.364. The molecule has 0 radical (unpaired) electrons. The Hall–Kier alpha value is -1.10. The lowest BCUT2D eigenvalue weighted by Gasteiger charge is -2.08. The van der Waals surface area contributed by atoms with Gasteiger partial charge in [0.05, 0.1) is 25.4 Å². The molecule has 0 aliphatic rings. The van der Waals surface area contributed by atoms with E-state index in [0.717, 1.165) is 0 Å². The average Bonchev–Trinajstić information content (AvgIpc) is 2.30. The zero-order valence-electron chi connectivity index (χ0n) is 8.69. The van der Waals surface area contributed by atoms with Crippen LogP contribution in [0.1, 0.15) is 10.4 Å². The molecule has 0 spiro atoms. The smallest absolute Gasteiger partial charge is 0.153 e. The highest BCUT2D eigenvalue weighted by atomic mass is 35.5. The van der Waals surface area contributed by atoms with Crippen LogP contribution >= 0.6 is 11.6 Å². The summed E-state index contributed by atoms with van der Waals surface area (Å²) in [6, 6.07) is 4.83. The third-order valence-corrected chi connectivity index (χ3v) is 2.05. The zero-order valence-corrected chi connectivity index (χ0v) is 9.44. The van der Waals surface area contributed by atoms with Gasteiger partial charge >= 0.3 is 0 Å². The van der Waals surface area contributed by atoms with Crippen molar-refractivity contribution >= 4 is 17.9 Å². The van der Waals surface area contributed by atoms with Gasteiger partial charge in [-0.2, -0.15) is 0 Å². The van der Waals surface area contributed by atoms with Crippen LogP contribution in [0.25, 0.3) is 0 Å². The van der Waals surface area contributed by atoms with Crippen LogP contribution in [-0.4, -0.2) is 37.8 Å². The molecule has 0 unspecified atom stereocenters. The van der Waals surface area contributed by atoms with Crippen molar-refractivity contribution in [1.82, 2.24) is 0 Å². The molecule has 0 saturated heterocycles. The number of benzene rings is 1. The quantitative estimate of drug-likeness (QED) is 0.584. The third-order valence-electron chi connectivity index (χ3n) is 1.82. The standard InChI is InChI=1S/C11H13ClO4/c12-10-1-2-11(9(7-10)8-14)16-6-5-15-4-3-13/h1-2,7-8,13H,3-6H2. The summed E-state index contributed by atoms with van der Waals surface area (Å²) in [5, 5.41) is 8.96. The van der Waals surface area contributed by atoms with Gasteiger partial charge in [0.25, 0.3) is 0 Å². The lowest BCUT2D eigenvalue weighted by molar-refractivity contribution is 0.0702. The second-order valence-electron chi connectivity index (χ2n) is 2.98. The van der Waals surface area contributed by atoms with Crippen molar-refractivity contribution in [3.05, 3.63) is 28.8 Å². The Balaban J connectivity index is 2.44. The number of aldehydes is 1. The van der Waals surface area contributed by atoms with Crippen molar-refractivity contribution in [1.29, 1.82) is 0 Å². The SMILES string of the molecule is O=Cc1cc(Cl)ccc1OCCOCCO. The summed E-state index contributed by atoms with van der Waals surface area (Å²) in [6.45, 7) is 0.953. The van der Waals surface area contributed by atoms with E-state index in [9.17, 15) is 4.79 Å². The highest BCUT2D eigenvalue weighted by Gasteiger charge is 2.03. The van der Waals surface area contributed by atoms with Crippen LogP contribution in [0.4, 0.5) is 0 Å². The van der Waals surface area contributed by atoms with Crippen LogP contribution in [0.15, 0.2) is 18.2 Å². The number of rotatable bonds is 7. The Labute approximate surface area is 98.7 Å². The van der Waals surface area contributed by atoms with Crippen LogP contribution < -0.4 is 4.74 Å². The number of aliphatic hydroxyl groups is 1. The molecule has 4 nitrogen and oxygen atoms in total. The lowest BCUT2D eigenvalue weighted by atomic mass is 10.2. The molecule has 0 bridgehead atoms. The number of hydrogen-bond acceptors (Lipinski definition) is 4. The highest BCUT2D eigenvalue weighted by Crippen LogP contribution is 2.21. The molecule has 1 aromatic rings. The summed E-state index contributed by atoms with van der Waals surface area (Å²) >= 11 is 5.73. The van der Waals surface area contributed by atoms with Gasteiger partial charge in [-0.05, 0) is 18.2 Å². The predicted molar refractivity (Wildman–Crippen MR) is 60.2 cm³/mol. The van der Waals surface area contributed by atoms with Crippen molar-refractivity contribution in [3.63, 3.8) is 0 Å².